The average molecular weight is 209 g/mol. The Balaban J connectivity index is 2.80. The van der Waals surface area contributed by atoms with E-state index < -0.39 is 0 Å². The van der Waals surface area contributed by atoms with Gasteiger partial charge in [-0.1, -0.05) is 13.8 Å². The second kappa shape index (κ2) is 4.25. The Bertz CT molecular complexity index is 363. The zero-order chi connectivity index (χ0) is 11.5. The summed E-state index contributed by atoms with van der Waals surface area (Å²) in [7, 11) is 0. The molecule has 0 spiro atoms. The summed E-state index contributed by atoms with van der Waals surface area (Å²) >= 11 is 0. The number of nitrogen functional groups attached to an aromatic ring is 1. The minimum Gasteiger partial charge on any atom is -0.465 e. The first-order chi connectivity index (χ1) is 6.92. The third-order valence-corrected chi connectivity index (χ3v) is 2.09. The highest BCUT2D eigenvalue weighted by Gasteiger charge is 2.23. The first-order valence-electron chi connectivity index (χ1n) is 4.64. The van der Waals surface area contributed by atoms with E-state index in [0.29, 0.717) is 12.4 Å². The highest BCUT2D eigenvalue weighted by molar-refractivity contribution is 5.66. The van der Waals surface area contributed by atoms with Crippen LogP contribution in [0.4, 0.5) is 5.82 Å². The molecule has 0 aliphatic heterocycles. The lowest BCUT2D eigenvalue weighted by molar-refractivity contribution is -0.142. The summed E-state index contributed by atoms with van der Waals surface area (Å²) in [5.74, 6) is 0.0708. The van der Waals surface area contributed by atoms with Crippen LogP contribution in [0.2, 0.25) is 0 Å². The minimum absolute atomic E-state index is 0.293. The van der Waals surface area contributed by atoms with Crippen LogP contribution in [0.15, 0.2) is 12.3 Å². The lowest BCUT2D eigenvalue weighted by Crippen LogP contribution is -2.26. The standard InChI is InChI=1S/C10H15N3O2/c1-7(14)15-6-10(2,3)8-4-9(11)13-12-5-8/h4-5H,6H2,1-3H3,(H2,11,13). The number of aromatic nitrogens is 2. The van der Waals surface area contributed by atoms with Gasteiger partial charge in [-0.2, -0.15) is 5.10 Å². The zero-order valence-corrected chi connectivity index (χ0v) is 9.15. The van der Waals surface area contributed by atoms with Crippen LogP contribution < -0.4 is 5.73 Å². The lowest BCUT2D eigenvalue weighted by Gasteiger charge is -2.23. The van der Waals surface area contributed by atoms with Gasteiger partial charge in [0, 0.05) is 12.3 Å². The molecule has 1 rings (SSSR count). The number of hydrogen-bond acceptors (Lipinski definition) is 5. The van der Waals surface area contributed by atoms with Crippen LogP contribution in [0.1, 0.15) is 26.3 Å². The summed E-state index contributed by atoms with van der Waals surface area (Å²) in [5, 5.41) is 7.43. The molecule has 5 heteroatoms. The van der Waals surface area contributed by atoms with Crippen molar-refractivity contribution in [1.82, 2.24) is 10.2 Å². The molecule has 5 nitrogen and oxygen atoms in total. The molecule has 0 amide bonds. The highest BCUT2D eigenvalue weighted by atomic mass is 16.5. The van der Waals surface area contributed by atoms with Gasteiger partial charge in [-0.15, -0.1) is 5.10 Å². The average Bonchev–Trinajstić information content (AvgIpc) is 2.15. The van der Waals surface area contributed by atoms with E-state index in [9.17, 15) is 4.79 Å². The molecule has 82 valence electrons. The van der Waals surface area contributed by atoms with Crippen molar-refractivity contribution in [3.05, 3.63) is 17.8 Å². The molecule has 0 saturated heterocycles. The molecule has 0 radical (unpaired) electrons. The molecule has 0 atom stereocenters. The smallest absolute Gasteiger partial charge is 0.302 e. The number of hydrogen-bond donors (Lipinski definition) is 1. The molecule has 2 N–H and O–H groups in total. The molecule has 0 aromatic carbocycles. The summed E-state index contributed by atoms with van der Waals surface area (Å²) in [6.07, 6.45) is 1.62. The van der Waals surface area contributed by atoms with Gasteiger partial charge in [-0.05, 0) is 11.6 Å². The third-order valence-electron chi connectivity index (χ3n) is 2.09. The maximum atomic E-state index is 10.7. The van der Waals surface area contributed by atoms with E-state index in [1.54, 1.807) is 12.3 Å². The van der Waals surface area contributed by atoms with Crippen molar-refractivity contribution in [3.63, 3.8) is 0 Å². The van der Waals surface area contributed by atoms with Crippen molar-refractivity contribution in [3.8, 4) is 0 Å². The fraction of sp³-hybridized carbons (Fsp3) is 0.500. The van der Waals surface area contributed by atoms with Crippen LogP contribution in [0.5, 0.6) is 0 Å². The Labute approximate surface area is 88.6 Å². The molecule has 1 aromatic rings. The molecule has 0 fully saturated rings. The van der Waals surface area contributed by atoms with E-state index in [1.807, 2.05) is 13.8 Å². The summed E-state index contributed by atoms with van der Waals surface area (Å²) in [5.41, 5.74) is 6.12. The maximum Gasteiger partial charge on any atom is 0.302 e. The van der Waals surface area contributed by atoms with E-state index in [4.69, 9.17) is 10.5 Å². The SMILES string of the molecule is CC(=O)OCC(C)(C)c1cnnc(N)c1. The van der Waals surface area contributed by atoms with Crippen LogP contribution in [0.3, 0.4) is 0 Å². The van der Waals surface area contributed by atoms with Crippen molar-refractivity contribution in [2.45, 2.75) is 26.2 Å². The third kappa shape index (κ3) is 3.19. The van der Waals surface area contributed by atoms with Gasteiger partial charge in [0.2, 0.25) is 0 Å². The molecule has 0 bridgehead atoms. The van der Waals surface area contributed by atoms with Crippen LogP contribution in [0, 0.1) is 0 Å². The molecule has 0 unspecified atom stereocenters. The Kier molecular flexibility index (Phi) is 3.24. The molecule has 15 heavy (non-hydrogen) atoms. The fourth-order valence-corrected chi connectivity index (χ4v) is 1.12. The van der Waals surface area contributed by atoms with Gasteiger partial charge in [-0.3, -0.25) is 4.79 Å². The van der Waals surface area contributed by atoms with Crippen molar-refractivity contribution in [2.75, 3.05) is 12.3 Å². The van der Waals surface area contributed by atoms with Gasteiger partial charge in [-0.25, -0.2) is 0 Å². The second-order valence-corrected chi connectivity index (χ2v) is 4.03. The largest absolute Gasteiger partial charge is 0.465 e. The monoisotopic (exact) mass is 209 g/mol. The van der Waals surface area contributed by atoms with E-state index in [-0.39, 0.29) is 11.4 Å². The van der Waals surface area contributed by atoms with Crippen LogP contribution >= 0.6 is 0 Å². The van der Waals surface area contributed by atoms with Crippen LogP contribution in [0.25, 0.3) is 0 Å². The first kappa shape index (κ1) is 11.4. The number of esters is 1. The van der Waals surface area contributed by atoms with Gasteiger partial charge in [0.25, 0.3) is 0 Å². The molecular weight excluding hydrogens is 194 g/mol. The zero-order valence-electron chi connectivity index (χ0n) is 9.15. The van der Waals surface area contributed by atoms with E-state index in [2.05, 4.69) is 10.2 Å². The topological polar surface area (TPSA) is 78.1 Å². The molecule has 0 aliphatic rings. The second-order valence-electron chi connectivity index (χ2n) is 4.03. The number of carbonyl (C=O) groups excluding carboxylic acids is 1. The van der Waals surface area contributed by atoms with Crippen molar-refractivity contribution in [1.29, 1.82) is 0 Å². The molecule has 1 aromatic heterocycles. The van der Waals surface area contributed by atoms with Crippen LogP contribution in [-0.2, 0) is 14.9 Å². The number of carbonyl (C=O) groups is 1. The molecular formula is C10H15N3O2. The number of nitrogens with zero attached hydrogens (tertiary/aromatic N) is 2. The predicted molar refractivity (Wildman–Crippen MR) is 56.1 cm³/mol. The summed E-state index contributed by atoms with van der Waals surface area (Å²) in [4.78, 5) is 10.7. The van der Waals surface area contributed by atoms with Gasteiger partial charge in [0.15, 0.2) is 0 Å². The Hall–Kier alpha value is -1.65. The Morgan fingerprint density at radius 3 is 2.80 bits per heavy atom. The predicted octanol–water partition coefficient (Wildman–Crippen LogP) is 0.899. The normalized spacial score (nSPS) is 11.1. The van der Waals surface area contributed by atoms with E-state index in [0.717, 1.165) is 5.56 Å². The summed E-state index contributed by atoms with van der Waals surface area (Å²) in [6.45, 7) is 5.58. The van der Waals surface area contributed by atoms with Crippen molar-refractivity contribution >= 4 is 11.8 Å². The highest BCUT2D eigenvalue weighted by Crippen LogP contribution is 2.23. The Morgan fingerprint density at radius 1 is 1.60 bits per heavy atom. The fourth-order valence-electron chi connectivity index (χ4n) is 1.12. The molecule has 0 saturated carbocycles. The maximum absolute atomic E-state index is 10.7. The van der Waals surface area contributed by atoms with Crippen LogP contribution in [-0.4, -0.2) is 22.8 Å². The number of nitrogens with two attached hydrogens (primary N) is 1. The van der Waals surface area contributed by atoms with Gasteiger partial charge < -0.3 is 10.5 Å². The molecule has 1 heterocycles. The Morgan fingerprint density at radius 2 is 2.27 bits per heavy atom. The number of ether oxygens (including phenoxy) is 1. The number of rotatable bonds is 3. The lowest BCUT2D eigenvalue weighted by atomic mass is 9.87. The minimum atomic E-state index is -0.310. The van der Waals surface area contributed by atoms with Gasteiger partial charge in [0.1, 0.15) is 12.4 Å². The van der Waals surface area contributed by atoms with E-state index >= 15 is 0 Å². The van der Waals surface area contributed by atoms with Crippen molar-refractivity contribution in [2.24, 2.45) is 0 Å². The molecule has 0 aliphatic carbocycles. The first-order valence-corrected chi connectivity index (χ1v) is 4.64. The summed E-state index contributed by atoms with van der Waals surface area (Å²) < 4.78 is 4.97. The quantitative estimate of drug-likeness (QED) is 0.748. The van der Waals surface area contributed by atoms with Crippen molar-refractivity contribution < 1.29 is 9.53 Å². The van der Waals surface area contributed by atoms with Gasteiger partial charge in [0.05, 0.1) is 6.20 Å². The summed E-state index contributed by atoms with van der Waals surface area (Å²) in [6, 6.07) is 1.73. The number of anilines is 1. The van der Waals surface area contributed by atoms with E-state index in [1.165, 1.54) is 6.92 Å². The van der Waals surface area contributed by atoms with Gasteiger partial charge >= 0.3 is 5.97 Å².